The molecule has 1 saturated heterocycles. The Bertz CT molecular complexity index is 1500. The van der Waals surface area contributed by atoms with Crippen LogP contribution in [0.4, 0.5) is 10.1 Å². The smallest absolute Gasteiger partial charge is 0.281 e. The van der Waals surface area contributed by atoms with E-state index in [9.17, 15) is 45.0 Å². The molecule has 2 aliphatic heterocycles. The minimum atomic E-state index is -3.43. The largest absolute Gasteiger partial charge is 0.394 e. The van der Waals surface area contributed by atoms with Crippen molar-refractivity contribution in [2.45, 2.75) is 34.2 Å². The molecule has 2 amide bonds. The lowest BCUT2D eigenvalue weighted by Crippen LogP contribution is -2.73. The van der Waals surface area contributed by atoms with E-state index in [2.05, 4.69) is 15.5 Å². The lowest BCUT2D eigenvalue weighted by atomic mass is 9.55. The molecule has 3 atom stereocenters. The van der Waals surface area contributed by atoms with Gasteiger partial charge in [0.15, 0.2) is 7.85 Å². The summed E-state index contributed by atoms with van der Waals surface area (Å²) in [5.74, 6) is -10.00. The number of anilines is 1. The number of hydrogen-bond acceptors (Lipinski definition) is 12. The molecule has 4 rings (SSSR count). The number of aliphatic hydroxyl groups is 6. The summed E-state index contributed by atoms with van der Waals surface area (Å²) in [6.07, 6.45) is -0.0756. The number of aldehydes is 1. The monoisotopic (exact) mass is 626 g/mol. The van der Waals surface area contributed by atoms with Crippen LogP contribution in [0.3, 0.4) is 0 Å². The Morgan fingerprint density at radius 2 is 1.71 bits per heavy atom. The van der Waals surface area contributed by atoms with Crippen LogP contribution in [0.1, 0.15) is 27.0 Å². The summed E-state index contributed by atoms with van der Waals surface area (Å²) in [5, 5.41) is 70.3. The van der Waals surface area contributed by atoms with E-state index in [0.717, 1.165) is 47.0 Å². The number of likely N-dealkylation sites (N-methyl/N-ethyl adjacent to an activating group) is 1. The number of amides is 2. The van der Waals surface area contributed by atoms with Gasteiger partial charge in [-0.2, -0.15) is 0 Å². The van der Waals surface area contributed by atoms with Gasteiger partial charge in [-0.15, -0.1) is 0 Å². The zero-order valence-corrected chi connectivity index (χ0v) is 25.5. The van der Waals surface area contributed by atoms with Gasteiger partial charge in [0, 0.05) is 25.8 Å². The average molecular weight is 626 g/mol. The molecule has 2 aromatic rings. The summed E-state index contributed by atoms with van der Waals surface area (Å²) in [5.41, 5.74) is -7.12. The summed E-state index contributed by atoms with van der Waals surface area (Å²) >= 11 is 0. The molecule has 238 valence electrons. The van der Waals surface area contributed by atoms with Gasteiger partial charge in [0.1, 0.15) is 47.2 Å². The van der Waals surface area contributed by atoms with Crippen LogP contribution in [0.25, 0.3) is 0 Å². The number of nitrogens with zero attached hydrogens (tertiary/aromatic N) is 2. The number of morpholine rings is 1. The minimum Gasteiger partial charge on any atom is -0.394 e. The molecular formula is C26H35B4FN4O10. The molecule has 2 aromatic carbocycles. The second-order valence-electron chi connectivity index (χ2n) is 12.1. The molecule has 1 fully saturated rings. The van der Waals surface area contributed by atoms with Crippen LogP contribution in [-0.2, 0) is 31.5 Å². The average Bonchev–Trinajstić information content (AvgIpc) is 3.18. The van der Waals surface area contributed by atoms with Crippen molar-refractivity contribution in [1.82, 2.24) is 15.1 Å². The second kappa shape index (κ2) is 11.8. The molecule has 2 aliphatic rings. The molecule has 45 heavy (non-hydrogen) atoms. The summed E-state index contributed by atoms with van der Waals surface area (Å²) in [7, 11) is 6.62. The normalized spacial score (nSPS) is 20.4. The van der Waals surface area contributed by atoms with E-state index >= 15 is 4.39 Å². The number of fused-ring (bicyclic) bond motifs is 1. The Hall–Kier alpha value is -3.28. The van der Waals surface area contributed by atoms with Crippen molar-refractivity contribution in [3.05, 3.63) is 64.5 Å². The lowest BCUT2D eigenvalue weighted by Gasteiger charge is -2.46. The minimum absolute atomic E-state index is 0.0756. The molecule has 0 aromatic heterocycles. The van der Waals surface area contributed by atoms with Gasteiger partial charge in [-0.25, -0.2) is 4.39 Å². The number of ether oxygens (including phenoxy) is 1. The number of benzene rings is 2. The van der Waals surface area contributed by atoms with Crippen LogP contribution in [0.15, 0.2) is 36.4 Å². The summed E-state index contributed by atoms with van der Waals surface area (Å²) in [6.45, 7) is 2.26. The van der Waals surface area contributed by atoms with Gasteiger partial charge >= 0.3 is 0 Å². The molecule has 8 N–H and O–H groups in total. The van der Waals surface area contributed by atoms with Crippen molar-refractivity contribution in [2.24, 2.45) is 0 Å². The van der Waals surface area contributed by atoms with Gasteiger partial charge in [0.25, 0.3) is 17.7 Å². The molecular weight excluding hydrogens is 591 g/mol. The Labute approximate surface area is 261 Å². The summed E-state index contributed by atoms with van der Waals surface area (Å²) in [4.78, 5) is 40.4. The third kappa shape index (κ3) is 5.79. The predicted octanol–water partition coefficient (Wildman–Crippen LogP) is -6.75. The third-order valence-electron chi connectivity index (χ3n) is 8.89. The van der Waals surface area contributed by atoms with E-state index < -0.39 is 74.2 Å². The first kappa shape index (κ1) is 34.6. The molecule has 0 spiro atoms. The van der Waals surface area contributed by atoms with E-state index in [0.29, 0.717) is 31.9 Å². The Morgan fingerprint density at radius 3 is 2.27 bits per heavy atom. The first-order valence-corrected chi connectivity index (χ1v) is 14.2. The molecule has 0 aliphatic carbocycles. The van der Waals surface area contributed by atoms with Crippen LogP contribution in [0, 0.1) is 5.82 Å². The summed E-state index contributed by atoms with van der Waals surface area (Å²) < 4.78 is 20.9. The number of carbonyl (C=O) groups is 3. The highest BCUT2D eigenvalue weighted by Gasteiger charge is 2.62. The number of hydrogen-bond donors (Lipinski definition) is 8. The zero-order chi connectivity index (χ0) is 33.8. The predicted molar refractivity (Wildman–Crippen MR) is 167 cm³/mol. The van der Waals surface area contributed by atoms with Gasteiger partial charge in [-0.3, -0.25) is 14.5 Å². The van der Waals surface area contributed by atoms with Crippen molar-refractivity contribution < 1.29 is 54.2 Å². The SMILES string of the molecule is BC(B)(c1ccc(C(O)(O)Nc2cccc3c2C(O)(O)N(C(C(=O)NC)C(B)(O)C(B)(O)C=O)C3=O)c(F)c1)N1CCOCC1. The van der Waals surface area contributed by atoms with Crippen molar-refractivity contribution in [2.75, 3.05) is 38.7 Å². The van der Waals surface area contributed by atoms with Crippen LogP contribution in [0.2, 0.25) is 0 Å². The van der Waals surface area contributed by atoms with E-state index in [1.807, 2.05) is 15.7 Å². The maximum atomic E-state index is 15.5. The highest BCUT2D eigenvalue weighted by atomic mass is 19.1. The van der Waals surface area contributed by atoms with Gasteiger partial charge in [0.05, 0.1) is 35.4 Å². The first-order chi connectivity index (χ1) is 20.8. The molecule has 3 unspecified atom stereocenters. The Morgan fingerprint density at radius 1 is 1.09 bits per heavy atom. The van der Waals surface area contributed by atoms with Gasteiger partial charge in [0.2, 0.25) is 5.91 Å². The van der Waals surface area contributed by atoms with Crippen molar-refractivity contribution in [3.63, 3.8) is 0 Å². The maximum absolute atomic E-state index is 15.5. The molecule has 0 radical (unpaired) electrons. The molecule has 19 heteroatoms. The number of nitrogens with one attached hydrogen (secondary N) is 2. The number of halogens is 1. The maximum Gasteiger partial charge on any atom is 0.281 e. The third-order valence-corrected chi connectivity index (χ3v) is 8.89. The lowest BCUT2D eigenvalue weighted by molar-refractivity contribution is -0.270. The Balaban J connectivity index is 1.73. The van der Waals surface area contributed by atoms with Crippen molar-refractivity contribution >= 4 is 55.2 Å². The molecule has 0 bridgehead atoms. The second-order valence-corrected chi connectivity index (χ2v) is 12.1. The van der Waals surface area contributed by atoms with Crippen LogP contribution < -0.4 is 10.6 Å². The molecule has 2 heterocycles. The first-order valence-electron chi connectivity index (χ1n) is 14.2. The van der Waals surface area contributed by atoms with Crippen LogP contribution in [-0.4, -0.2) is 140 Å². The van der Waals surface area contributed by atoms with Crippen molar-refractivity contribution in [3.8, 4) is 0 Å². The van der Waals surface area contributed by atoms with Gasteiger partial charge in [-0.1, -0.05) is 12.1 Å². The topological polar surface area (TPSA) is 212 Å². The van der Waals surface area contributed by atoms with Crippen LogP contribution >= 0.6 is 0 Å². The van der Waals surface area contributed by atoms with E-state index in [1.165, 1.54) is 12.1 Å². The standard InChI is InChI=1S/C26H35B4FN4O10/c1-32-20(37)19(23(28,40)22(27,39)12-36)35-21(38)14-3-2-4-17(18(14)26(35,43)44)33-25(41,42)15-6-5-13(11-16(15)31)24(29,30)34-7-9-45-10-8-34/h2-6,11-12,19,33,39-44H,7-10,27-30H2,1H3,(H,32,37). The van der Waals surface area contributed by atoms with E-state index in [-0.39, 0.29) is 11.2 Å². The zero-order valence-electron chi connectivity index (χ0n) is 25.5. The summed E-state index contributed by atoms with van der Waals surface area (Å²) in [6, 6.07) is 5.09. The molecule has 14 nitrogen and oxygen atoms in total. The van der Waals surface area contributed by atoms with E-state index in [1.54, 1.807) is 0 Å². The Kier molecular flexibility index (Phi) is 9.09. The number of carbonyl (C=O) groups excluding carboxylic acids is 3. The van der Waals surface area contributed by atoms with Crippen molar-refractivity contribution in [1.29, 1.82) is 0 Å². The van der Waals surface area contributed by atoms with E-state index in [4.69, 9.17) is 4.74 Å². The van der Waals surface area contributed by atoms with Gasteiger partial charge in [-0.05, 0) is 35.2 Å². The highest BCUT2D eigenvalue weighted by molar-refractivity contribution is 6.39. The fourth-order valence-electron chi connectivity index (χ4n) is 5.78. The van der Waals surface area contributed by atoms with Gasteiger partial charge < -0.3 is 55.7 Å². The quantitative estimate of drug-likeness (QED) is 0.0703. The number of rotatable bonds is 10. The highest BCUT2D eigenvalue weighted by Crippen LogP contribution is 2.44. The van der Waals surface area contributed by atoms with Crippen LogP contribution in [0.5, 0.6) is 0 Å². The fourth-order valence-corrected chi connectivity index (χ4v) is 5.78. The fraction of sp³-hybridized carbons (Fsp3) is 0.423. The molecule has 0 saturated carbocycles.